The minimum absolute atomic E-state index is 0.0215. The van der Waals surface area contributed by atoms with Crippen molar-refractivity contribution in [3.63, 3.8) is 0 Å². The number of benzene rings is 1. The molecular formula is C28H27F2N7O3S. The summed E-state index contributed by atoms with van der Waals surface area (Å²) in [7, 11) is 0. The molecular weight excluding hydrogens is 552 g/mol. The Morgan fingerprint density at radius 3 is 2.56 bits per heavy atom. The Morgan fingerprint density at radius 2 is 1.88 bits per heavy atom. The van der Waals surface area contributed by atoms with Gasteiger partial charge in [0.2, 0.25) is 0 Å². The normalized spacial score (nSPS) is 11.4. The fraction of sp³-hybridized carbons (Fsp3) is 0.250. The topological polar surface area (TPSA) is 130 Å². The number of fused-ring (bicyclic) bond motifs is 1. The van der Waals surface area contributed by atoms with E-state index in [1.807, 2.05) is 39.0 Å². The van der Waals surface area contributed by atoms with E-state index in [4.69, 9.17) is 10.5 Å². The van der Waals surface area contributed by atoms with Crippen LogP contribution in [0.4, 0.5) is 14.5 Å². The highest BCUT2D eigenvalue weighted by Crippen LogP contribution is 2.43. The number of carbonyl (C=O) groups is 2. The number of amides is 2. The van der Waals surface area contributed by atoms with Crippen LogP contribution in [-0.4, -0.2) is 36.4 Å². The van der Waals surface area contributed by atoms with Crippen molar-refractivity contribution in [1.82, 2.24) is 24.5 Å². The number of halogens is 2. The highest BCUT2D eigenvalue weighted by Gasteiger charge is 2.27. The first kappa shape index (κ1) is 27.9. The lowest BCUT2D eigenvalue weighted by Crippen LogP contribution is -2.18. The zero-order valence-corrected chi connectivity index (χ0v) is 23.6. The van der Waals surface area contributed by atoms with Gasteiger partial charge in [-0.15, -0.1) is 11.3 Å². The largest absolute Gasteiger partial charge is 0.471 e. The lowest BCUT2D eigenvalue weighted by atomic mass is 10.0. The zero-order chi connectivity index (χ0) is 29.4. The number of hydrogen-bond donors (Lipinski definition) is 2. The van der Waals surface area contributed by atoms with Crippen LogP contribution >= 0.6 is 11.3 Å². The third kappa shape index (κ3) is 5.53. The number of pyridine rings is 1. The summed E-state index contributed by atoms with van der Waals surface area (Å²) in [4.78, 5) is 29.9. The molecule has 0 spiro atoms. The molecule has 0 saturated carbocycles. The summed E-state index contributed by atoms with van der Waals surface area (Å²) in [5.74, 6) is -0.754. The second-order valence-corrected chi connectivity index (χ2v) is 10.5. The van der Waals surface area contributed by atoms with Gasteiger partial charge in [-0.25, -0.2) is 18.4 Å². The number of aryl methyl sites for hydroxylation is 4. The van der Waals surface area contributed by atoms with E-state index in [0.29, 0.717) is 34.5 Å². The molecule has 41 heavy (non-hydrogen) atoms. The molecule has 0 fully saturated rings. The fourth-order valence-electron chi connectivity index (χ4n) is 4.41. The minimum atomic E-state index is -2.85. The first-order valence-corrected chi connectivity index (χ1v) is 13.5. The van der Waals surface area contributed by atoms with E-state index in [2.05, 4.69) is 20.5 Å². The average molecular weight is 580 g/mol. The van der Waals surface area contributed by atoms with Gasteiger partial charge in [-0.1, -0.05) is 12.1 Å². The monoisotopic (exact) mass is 579 g/mol. The summed E-state index contributed by atoms with van der Waals surface area (Å²) in [6.07, 6.45) is 0.460. The second kappa shape index (κ2) is 11.1. The summed E-state index contributed by atoms with van der Waals surface area (Å²) >= 11 is 0.835. The Balaban J connectivity index is 1.51. The molecule has 4 heterocycles. The lowest BCUT2D eigenvalue weighted by molar-refractivity contribution is 0.100. The molecule has 5 rings (SSSR count). The van der Waals surface area contributed by atoms with E-state index in [9.17, 15) is 18.4 Å². The Hall–Kier alpha value is -4.65. The van der Waals surface area contributed by atoms with Crippen molar-refractivity contribution in [1.29, 1.82) is 0 Å². The molecule has 0 aliphatic rings. The van der Waals surface area contributed by atoms with Crippen molar-refractivity contribution in [2.45, 2.75) is 47.4 Å². The molecule has 3 N–H and O–H groups in total. The molecule has 0 saturated heterocycles. The van der Waals surface area contributed by atoms with Gasteiger partial charge in [-0.3, -0.25) is 14.3 Å². The van der Waals surface area contributed by atoms with Gasteiger partial charge in [0.15, 0.2) is 12.4 Å². The molecule has 1 aromatic carbocycles. The summed E-state index contributed by atoms with van der Waals surface area (Å²) in [5, 5.41) is 11.8. The third-order valence-corrected chi connectivity index (χ3v) is 7.60. The maximum atomic E-state index is 13.8. The van der Waals surface area contributed by atoms with Crippen molar-refractivity contribution in [2.75, 3.05) is 5.32 Å². The number of thiophene rings is 1. The number of hydrogen-bond acceptors (Lipinski definition) is 7. The smallest absolute Gasteiger partial charge is 0.280 e. The fourth-order valence-corrected chi connectivity index (χ4v) is 5.42. The predicted octanol–water partition coefficient (Wildman–Crippen LogP) is 5.63. The van der Waals surface area contributed by atoms with E-state index in [1.165, 1.54) is 16.8 Å². The van der Waals surface area contributed by atoms with Crippen LogP contribution in [-0.2, 0) is 13.3 Å². The van der Waals surface area contributed by atoms with Crippen molar-refractivity contribution in [3.8, 4) is 16.9 Å². The standard InChI is InChI=1S/C28H27F2N7O3S/c1-5-36-12-18(16(4)34-36)17-11-20(25(29)30)32-28-22(17)23(24(41-28)26(31)38)33-27(39)19-8-9-37(35-19)13-40-21-10-14(2)6-7-15(21)3/h6-12,25H,5,13H2,1-4H3,(H2,31,38)(H,33,39). The second-order valence-electron chi connectivity index (χ2n) is 9.47. The zero-order valence-electron chi connectivity index (χ0n) is 22.7. The van der Waals surface area contributed by atoms with Crippen LogP contribution in [0.1, 0.15) is 56.0 Å². The summed E-state index contributed by atoms with van der Waals surface area (Å²) in [5.41, 5.74) is 8.84. The highest BCUT2D eigenvalue weighted by molar-refractivity contribution is 7.21. The first-order chi connectivity index (χ1) is 19.5. The molecule has 0 radical (unpaired) electrons. The van der Waals surface area contributed by atoms with Gasteiger partial charge in [0.05, 0.1) is 11.4 Å². The van der Waals surface area contributed by atoms with Gasteiger partial charge in [-0.05, 0) is 62.6 Å². The molecule has 5 aromatic rings. The van der Waals surface area contributed by atoms with Crippen LogP contribution in [0.25, 0.3) is 21.3 Å². The van der Waals surface area contributed by atoms with Crippen LogP contribution < -0.4 is 15.8 Å². The molecule has 4 aromatic heterocycles. The van der Waals surface area contributed by atoms with Gasteiger partial charge in [0.1, 0.15) is 21.2 Å². The Labute approximate surface area is 237 Å². The molecule has 2 amide bonds. The molecule has 0 unspecified atom stereocenters. The van der Waals surface area contributed by atoms with Gasteiger partial charge in [0.25, 0.3) is 18.2 Å². The number of aromatic nitrogens is 5. The van der Waals surface area contributed by atoms with Gasteiger partial charge >= 0.3 is 0 Å². The number of anilines is 1. The summed E-state index contributed by atoms with van der Waals surface area (Å²) in [6.45, 7) is 8.17. The lowest BCUT2D eigenvalue weighted by Gasteiger charge is -2.10. The van der Waals surface area contributed by atoms with E-state index in [-0.39, 0.29) is 27.8 Å². The quantitative estimate of drug-likeness (QED) is 0.233. The van der Waals surface area contributed by atoms with Crippen molar-refractivity contribution in [2.24, 2.45) is 5.73 Å². The molecule has 0 aliphatic heterocycles. The molecule has 10 nitrogen and oxygen atoms in total. The third-order valence-electron chi connectivity index (χ3n) is 6.50. The van der Waals surface area contributed by atoms with Crippen LogP contribution in [0.3, 0.4) is 0 Å². The Morgan fingerprint density at radius 1 is 1.10 bits per heavy atom. The van der Waals surface area contributed by atoms with E-state index >= 15 is 0 Å². The van der Waals surface area contributed by atoms with Gasteiger partial charge in [-0.2, -0.15) is 10.2 Å². The number of nitrogens with zero attached hydrogens (tertiary/aromatic N) is 5. The van der Waals surface area contributed by atoms with Crippen molar-refractivity contribution >= 4 is 39.1 Å². The number of primary amides is 1. The SMILES string of the molecule is CCn1cc(-c2cc(C(F)F)nc3sc(C(N)=O)c(NC(=O)c4ccn(COc5cc(C)ccc5C)n4)c23)c(C)n1. The highest BCUT2D eigenvalue weighted by atomic mass is 32.1. The number of alkyl halides is 2. The van der Waals surface area contributed by atoms with Crippen LogP contribution in [0.15, 0.2) is 42.7 Å². The number of nitrogens with two attached hydrogens (primary N) is 1. The van der Waals surface area contributed by atoms with Crippen LogP contribution in [0, 0.1) is 20.8 Å². The summed E-state index contributed by atoms with van der Waals surface area (Å²) < 4.78 is 36.6. The van der Waals surface area contributed by atoms with Gasteiger partial charge in [0, 0.05) is 29.9 Å². The molecule has 212 valence electrons. The van der Waals surface area contributed by atoms with E-state index < -0.39 is 23.9 Å². The average Bonchev–Trinajstić information content (AvgIpc) is 3.65. The Kier molecular flexibility index (Phi) is 7.54. The number of carbonyl (C=O) groups excluding carboxylic acids is 2. The number of rotatable bonds is 9. The summed E-state index contributed by atoms with van der Waals surface area (Å²) in [6, 6.07) is 8.61. The Bertz CT molecular complexity index is 1790. The number of ether oxygens (including phenoxy) is 1. The predicted molar refractivity (Wildman–Crippen MR) is 151 cm³/mol. The van der Waals surface area contributed by atoms with E-state index in [0.717, 1.165) is 22.5 Å². The first-order valence-electron chi connectivity index (χ1n) is 12.7. The van der Waals surface area contributed by atoms with Crippen molar-refractivity contribution in [3.05, 3.63) is 75.8 Å². The van der Waals surface area contributed by atoms with Crippen LogP contribution in [0.2, 0.25) is 0 Å². The maximum absolute atomic E-state index is 13.8. The maximum Gasteiger partial charge on any atom is 0.280 e. The van der Waals surface area contributed by atoms with Gasteiger partial charge < -0.3 is 15.8 Å². The van der Waals surface area contributed by atoms with E-state index in [1.54, 1.807) is 24.0 Å². The molecule has 0 bridgehead atoms. The minimum Gasteiger partial charge on any atom is -0.471 e. The molecule has 0 aliphatic carbocycles. The van der Waals surface area contributed by atoms with Crippen LogP contribution in [0.5, 0.6) is 5.75 Å². The number of nitrogens with one attached hydrogen (secondary N) is 1. The molecule has 0 atom stereocenters. The van der Waals surface area contributed by atoms with Crippen molar-refractivity contribution < 1.29 is 23.1 Å². The molecule has 13 heteroatoms.